The summed E-state index contributed by atoms with van der Waals surface area (Å²) in [7, 11) is -1.65. The Hall–Kier alpha value is -1.08. The number of rotatable bonds is 4. The number of carbonyl (C=O) groups is 1. The van der Waals surface area contributed by atoms with Crippen molar-refractivity contribution >= 4 is 32.2 Å². The highest BCUT2D eigenvalue weighted by molar-refractivity contribution is 6.59. The third-order valence-corrected chi connectivity index (χ3v) is 4.25. The highest BCUT2D eigenvalue weighted by Crippen LogP contribution is 2.27. The van der Waals surface area contributed by atoms with Gasteiger partial charge in [0.2, 0.25) is 15.4 Å². The van der Waals surface area contributed by atoms with Crippen LogP contribution in [0.3, 0.4) is 0 Å². The van der Waals surface area contributed by atoms with Crippen molar-refractivity contribution in [3.8, 4) is 0 Å². The molecule has 2 radical (unpaired) electrons. The first-order valence-corrected chi connectivity index (χ1v) is 7.19. The number of benzene rings is 1. The van der Waals surface area contributed by atoms with E-state index < -0.39 is 37.6 Å². The molecule has 0 aliphatic heterocycles. The maximum absolute atomic E-state index is 14.1. The maximum Gasteiger partial charge on any atom is 0.362 e. The number of carbonyl (C=O) groups excluding carboxylic acids is 1. The molecule has 8 heteroatoms. The van der Waals surface area contributed by atoms with Gasteiger partial charge in [-0.3, -0.25) is 4.79 Å². The lowest BCUT2D eigenvalue weighted by atomic mass is 9.98. The van der Waals surface area contributed by atoms with E-state index in [1.165, 1.54) is 0 Å². The van der Waals surface area contributed by atoms with E-state index in [4.69, 9.17) is 17.3 Å². The molecule has 0 aliphatic carbocycles. The first-order valence-electron chi connectivity index (χ1n) is 5.81. The molecule has 2 N–H and O–H groups in total. The Morgan fingerprint density at radius 3 is 2.10 bits per heavy atom. The number of alkyl halides is 3. The third-order valence-electron chi connectivity index (χ3n) is 2.81. The van der Waals surface area contributed by atoms with Gasteiger partial charge in [-0.25, -0.2) is 4.39 Å². The van der Waals surface area contributed by atoms with Crippen molar-refractivity contribution in [2.75, 3.05) is 0 Å². The fourth-order valence-electron chi connectivity index (χ4n) is 2.06. The number of hydrogen-bond donors (Lipinski definition) is 1. The molecule has 0 fully saturated rings. The Bertz CT molecular complexity index is 545. The van der Waals surface area contributed by atoms with Crippen molar-refractivity contribution in [2.45, 2.75) is 32.5 Å². The van der Waals surface area contributed by atoms with Gasteiger partial charge in [0.15, 0.2) is 0 Å². The summed E-state index contributed by atoms with van der Waals surface area (Å²) in [6.07, 6.45) is 0.346. The molecule has 1 aromatic carbocycles. The molecule has 110 valence electrons. The quantitative estimate of drug-likeness (QED) is 0.671. The number of nitrogens with two attached hydrogens (primary N) is 1. The van der Waals surface area contributed by atoms with E-state index in [2.05, 4.69) is 0 Å². The fourth-order valence-corrected chi connectivity index (χ4v) is 3.57. The molecule has 0 heterocycles. The van der Waals surface area contributed by atoms with Crippen LogP contribution < -0.4 is 10.9 Å². The zero-order valence-corrected chi connectivity index (χ0v) is 12.5. The summed E-state index contributed by atoms with van der Waals surface area (Å²) in [4.78, 5) is 11.4. The molecule has 2 nitrogen and oxygen atoms in total. The second-order valence-electron chi connectivity index (χ2n) is 4.03. The molecular formula is C12H12ClF4NOSi. The van der Waals surface area contributed by atoms with E-state index in [0.29, 0.717) is 0 Å². The van der Waals surface area contributed by atoms with Crippen LogP contribution in [0.25, 0.3) is 0 Å². The predicted molar refractivity (Wildman–Crippen MR) is 70.1 cm³/mol. The number of primary amides is 1. The molecule has 1 aromatic rings. The lowest BCUT2D eigenvalue weighted by molar-refractivity contribution is -0.0455. The zero-order valence-electron chi connectivity index (χ0n) is 10.8. The minimum Gasteiger partial charge on any atom is -0.366 e. The van der Waals surface area contributed by atoms with Crippen LogP contribution in [0.5, 0.6) is 0 Å². The molecule has 20 heavy (non-hydrogen) atoms. The minimum atomic E-state index is -4.51. The summed E-state index contributed by atoms with van der Waals surface area (Å²) in [5.41, 5.74) is 4.78. The van der Waals surface area contributed by atoms with Gasteiger partial charge in [0.05, 0.1) is 10.6 Å². The third kappa shape index (κ3) is 3.32. The highest BCUT2D eigenvalue weighted by Gasteiger charge is 2.35. The van der Waals surface area contributed by atoms with E-state index in [0.717, 1.165) is 0 Å². The van der Waals surface area contributed by atoms with Crippen LogP contribution in [-0.4, -0.2) is 21.2 Å². The van der Waals surface area contributed by atoms with Crippen LogP contribution in [0.1, 0.15) is 35.3 Å². The van der Waals surface area contributed by atoms with Gasteiger partial charge in [-0.15, -0.1) is 0 Å². The monoisotopic (exact) mass is 325 g/mol. The Morgan fingerprint density at radius 1 is 1.25 bits per heavy atom. The molecule has 0 spiro atoms. The largest absolute Gasteiger partial charge is 0.366 e. The maximum atomic E-state index is 14.1. The Kier molecular flexibility index (Phi) is 5.20. The molecule has 1 rings (SSSR count). The molecule has 0 unspecified atom stereocenters. The molecule has 0 aromatic heterocycles. The van der Waals surface area contributed by atoms with Gasteiger partial charge in [0.1, 0.15) is 5.82 Å². The zero-order chi connectivity index (χ0) is 15.7. The molecule has 0 aliphatic rings. The average molecular weight is 326 g/mol. The SMILES string of the molecule is CCc1c(F)c(Cl)c(C(N)=O)c([Si]C(F)(F)F)c1CC. The fraction of sp³-hybridized carbons (Fsp3) is 0.417. The molecular weight excluding hydrogens is 314 g/mol. The van der Waals surface area contributed by atoms with E-state index in [1.54, 1.807) is 13.8 Å². The number of halogens is 5. The van der Waals surface area contributed by atoms with Gasteiger partial charge in [-0.05, 0) is 29.2 Å². The average Bonchev–Trinajstić information content (AvgIpc) is 2.30. The summed E-state index contributed by atoms with van der Waals surface area (Å²) in [5, 5.41) is -0.922. The summed E-state index contributed by atoms with van der Waals surface area (Å²) in [5.74, 6) is -6.53. The van der Waals surface area contributed by atoms with Gasteiger partial charge < -0.3 is 5.73 Å². The first-order chi connectivity index (χ1) is 9.14. The molecule has 0 atom stereocenters. The molecule has 1 amide bonds. The van der Waals surface area contributed by atoms with Gasteiger partial charge in [0.25, 0.3) is 0 Å². The Morgan fingerprint density at radius 2 is 1.75 bits per heavy atom. The predicted octanol–water partition coefficient (Wildman–Crippen LogP) is 2.55. The first kappa shape index (κ1) is 17.0. The van der Waals surface area contributed by atoms with Crippen molar-refractivity contribution in [3.63, 3.8) is 0 Å². The molecule has 0 bridgehead atoms. The van der Waals surface area contributed by atoms with E-state index in [1.807, 2.05) is 0 Å². The van der Waals surface area contributed by atoms with Crippen molar-refractivity contribution in [1.29, 1.82) is 0 Å². The minimum absolute atomic E-state index is 0.106. The summed E-state index contributed by atoms with van der Waals surface area (Å²) in [6.45, 7) is 3.20. The van der Waals surface area contributed by atoms with E-state index in [-0.39, 0.29) is 29.2 Å². The second kappa shape index (κ2) is 6.13. The van der Waals surface area contributed by atoms with Crippen LogP contribution in [0.15, 0.2) is 0 Å². The van der Waals surface area contributed by atoms with Crippen molar-refractivity contribution in [3.05, 3.63) is 27.5 Å². The van der Waals surface area contributed by atoms with Crippen LogP contribution in [-0.2, 0) is 12.8 Å². The van der Waals surface area contributed by atoms with Crippen LogP contribution >= 0.6 is 11.6 Å². The standard InChI is InChI=1S/C12H12ClF4NOSi/c1-3-5-6(4-2)10(20-12(15,16)17)7(11(18)19)8(13)9(5)14/h3-4H2,1-2H3,(H2,18,19). The highest BCUT2D eigenvalue weighted by atomic mass is 35.5. The van der Waals surface area contributed by atoms with Crippen molar-refractivity contribution in [1.82, 2.24) is 0 Å². The normalized spacial score (nSPS) is 11.8. The summed E-state index contributed by atoms with van der Waals surface area (Å²) >= 11 is 5.70. The Labute approximate surface area is 121 Å². The topological polar surface area (TPSA) is 43.1 Å². The summed E-state index contributed by atoms with van der Waals surface area (Å²) < 4.78 is 52.1. The van der Waals surface area contributed by atoms with Crippen molar-refractivity contribution < 1.29 is 22.4 Å². The lowest BCUT2D eigenvalue weighted by Crippen LogP contribution is -2.39. The van der Waals surface area contributed by atoms with Crippen LogP contribution in [0, 0.1) is 5.82 Å². The van der Waals surface area contributed by atoms with Gasteiger partial charge in [0, 0.05) is 0 Å². The van der Waals surface area contributed by atoms with Gasteiger partial charge in [-0.1, -0.05) is 25.4 Å². The summed E-state index contributed by atoms with van der Waals surface area (Å²) in [6, 6.07) is 0. The lowest BCUT2D eigenvalue weighted by Gasteiger charge is -2.19. The van der Waals surface area contributed by atoms with Crippen molar-refractivity contribution in [2.24, 2.45) is 5.73 Å². The smallest absolute Gasteiger partial charge is 0.362 e. The van der Waals surface area contributed by atoms with Gasteiger partial charge in [-0.2, -0.15) is 13.2 Å². The van der Waals surface area contributed by atoms with E-state index in [9.17, 15) is 22.4 Å². The molecule has 0 saturated heterocycles. The second-order valence-corrected chi connectivity index (χ2v) is 5.72. The van der Waals surface area contributed by atoms with E-state index >= 15 is 0 Å². The van der Waals surface area contributed by atoms with Crippen LogP contribution in [0.2, 0.25) is 5.02 Å². The number of amides is 1. The molecule has 0 saturated carbocycles. The number of hydrogen-bond acceptors (Lipinski definition) is 1. The van der Waals surface area contributed by atoms with Crippen LogP contribution in [0.4, 0.5) is 17.6 Å². The van der Waals surface area contributed by atoms with Gasteiger partial charge >= 0.3 is 5.80 Å². The Balaban J connectivity index is 3.74.